The molecular weight excluding hydrogens is 350 g/mol. The zero-order valence-electron chi connectivity index (χ0n) is 15.5. The Kier molecular flexibility index (Phi) is 6.99. The molecule has 0 fully saturated rings. The van der Waals surface area contributed by atoms with Crippen molar-refractivity contribution < 1.29 is 23.5 Å². The van der Waals surface area contributed by atoms with Crippen molar-refractivity contribution in [2.45, 2.75) is 33.2 Å². The number of carbonyl (C=O) groups excluding carboxylic acids is 3. The summed E-state index contributed by atoms with van der Waals surface area (Å²) in [5, 5.41) is 2.36. The molecule has 1 aromatic heterocycles. The van der Waals surface area contributed by atoms with Crippen LogP contribution in [0.4, 0.5) is 0 Å². The van der Waals surface area contributed by atoms with Gasteiger partial charge in [0.05, 0.1) is 12.8 Å². The number of carbonyl (C=O) groups is 3. The monoisotopic (exact) mass is 373 g/mol. The van der Waals surface area contributed by atoms with E-state index in [2.05, 4.69) is 24.6 Å². The summed E-state index contributed by atoms with van der Waals surface area (Å²) < 4.78 is 10.4. The lowest BCUT2D eigenvalue weighted by molar-refractivity contribution is -0.141. The van der Waals surface area contributed by atoms with Crippen molar-refractivity contribution in [1.29, 1.82) is 0 Å². The minimum atomic E-state index is -0.993. The van der Waals surface area contributed by atoms with Crippen molar-refractivity contribution in [3.63, 3.8) is 0 Å². The zero-order valence-corrected chi connectivity index (χ0v) is 15.5. The van der Waals surface area contributed by atoms with Crippen LogP contribution in [-0.2, 0) is 20.9 Å². The fourth-order valence-corrected chi connectivity index (χ4v) is 2.41. The largest absolute Gasteiger partial charge is 0.484 e. The van der Waals surface area contributed by atoms with Crippen LogP contribution < -0.4 is 20.9 Å². The molecule has 0 aliphatic heterocycles. The Morgan fingerprint density at radius 1 is 1.11 bits per heavy atom. The van der Waals surface area contributed by atoms with E-state index in [-0.39, 0.29) is 13.2 Å². The number of aryl methyl sites for hydroxylation is 1. The first-order valence-corrected chi connectivity index (χ1v) is 8.49. The summed E-state index contributed by atoms with van der Waals surface area (Å²) in [5.41, 5.74) is 6.43. The quantitative estimate of drug-likeness (QED) is 0.526. The fourth-order valence-electron chi connectivity index (χ4n) is 2.41. The topological polar surface area (TPSA) is 110 Å². The van der Waals surface area contributed by atoms with E-state index in [1.807, 2.05) is 24.5 Å². The molecule has 0 saturated carbocycles. The Balaban J connectivity index is 1.71. The maximum absolute atomic E-state index is 11.8. The molecular formula is C19H23N3O5. The molecule has 1 aromatic carbocycles. The van der Waals surface area contributed by atoms with Gasteiger partial charge in [0.15, 0.2) is 6.61 Å². The Labute approximate surface area is 157 Å². The minimum Gasteiger partial charge on any atom is -0.484 e. The number of furan rings is 1. The summed E-state index contributed by atoms with van der Waals surface area (Å²) >= 11 is 0. The van der Waals surface area contributed by atoms with Crippen LogP contribution in [0.1, 0.15) is 36.7 Å². The van der Waals surface area contributed by atoms with Gasteiger partial charge in [-0.15, -0.1) is 0 Å². The van der Waals surface area contributed by atoms with Gasteiger partial charge in [0.2, 0.25) is 0 Å². The van der Waals surface area contributed by atoms with Crippen LogP contribution >= 0.6 is 0 Å². The fraction of sp³-hybridized carbons (Fsp3) is 0.316. The van der Waals surface area contributed by atoms with Crippen LogP contribution in [0.15, 0.2) is 41.0 Å². The maximum Gasteiger partial charge on any atom is 0.327 e. The first-order chi connectivity index (χ1) is 12.9. The lowest BCUT2D eigenvalue weighted by atomic mass is 9.98. The molecule has 0 aliphatic rings. The number of hydrogen-bond acceptors (Lipinski definition) is 5. The van der Waals surface area contributed by atoms with Crippen molar-refractivity contribution >= 4 is 17.7 Å². The highest BCUT2D eigenvalue weighted by molar-refractivity contribution is 6.35. The van der Waals surface area contributed by atoms with E-state index in [9.17, 15) is 14.4 Å². The minimum absolute atomic E-state index is 0.0715. The third-order valence-electron chi connectivity index (χ3n) is 3.76. The summed E-state index contributed by atoms with van der Waals surface area (Å²) in [6, 6.07) is 8.92. The van der Waals surface area contributed by atoms with E-state index >= 15 is 0 Å². The molecule has 0 bridgehead atoms. The van der Waals surface area contributed by atoms with Gasteiger partial charge in [0.1, 0.15) is 11.5 Å². The van der Waals surface area contributed by atoms with Gasteiger partial charge >= 0.3 is 11.8 Å². The van der Waals surface area contributed by atoms with Crippen LogP contribution in [-0.4, -0.2) is 24.3 Å². The number of nitrogens with one attached hydrogen (secondary N) is 3. The van der Waals surface area contributed by atoms with Gasteiger partial charge < -0.3 is 14.5 Å². The molecule has 3 N–H and O–H groups in total. The average Bonchev–Trinajstić information content (AvgIpc) is 3.15. The third kappa shape index (κ3) is 6.18. The van der Waals surface area contributed by atoms with Crippen molar-refractivity contribution in [3.05, 3.63) is 53.5 Å². The molecule has 2 rings (SSSR count). The van der Waals surface area contributed by atoms with Crippen molar-refractivity contribution in [1.82, 2.24) is 16.2 Å². The average molecular weight is 373 g/mol. The van der Waals surface area contributed by atoms with Crippen molar-refractivity contribution in [3.8, 4) is 5.75 Å². The van der Waals surface area contributed by atoms with Gasteiger partial charge in [-0.3, -0.25) is 25.2 Å². The number of rotatable bonds is 6. The Hall–Kier alpha value is -3.29. The van der Waals surface area contributed by atoms with E-state index < -0.39 is 17.7 Å². The molecule has 0 saturated heterocycles. The molecule has 0 radical (unpaired) electrons. The second-order valence-corrected chi connectivity index (χ2v) is 6.23. The predicted molar refractivity (Wildman–Crippen MR) is 97.6 cm³/mol. The summed E-state index contributed by atoms with van der Waals surface area (Å²) in [6.07, 6.45) is 1.46. The SMILES string of the molecule is Cc1cc(OCC(=O)NNC(=O)C(=O)NCc2ccco2)ccc1C(C)C. The van der Waals surface area contributed by atoms with Gasteiger partial charge in [-0.05, 0) is 48.2 Å². The molecule has 27 heavy (non-hydrogen) atoms. The van der Waals surface area contributed by atoms with Gasteiger partial charge in [0.25, 0.3) is 5.91 Å². The summed E-state index contributed by atoms with van der Waals surface area (Å²) in [5.74, 6) is -1.02. The lowest BCUT2D eigenvalue weighted by Crippen LogP contribution is -2.49. The summed E-state index contributed by atoms with van der Waals surface area (Å²) in [6.45, 7) is 5.95. The van der Waals surface area contributed by atoms with E-state index in [0.717, 1.165) is 5.56 Å². The van der Waals surface area contributed by atoms with Gasteiger partial charge in [0, 0.05) is 0 Å². The third-order valence-corrected chi connectivity index (χ3v) is 3.76. The number of hydrazine groups is 1. The molecule has 3 amide bonds. The highest BCUT2D eigenvalue weighted by Gasteiger charge is 2.14. The molecule has 0 unspecified atom stereocenters. The van der Waals surface area contributed by atoms with Crippen molar-refractivity contribution in [2.75, 3.05) is 6.61 Å². The molecule has 8 heteroatoms. The van der Waals surface area contributed by atoms with Crippen LogP contribution in [0.25, 0.3) is 0 Å². The number of ether oxygens (including phenoxy) is 1. The van der Waals surface area contributed by atoms with Gasteiger partial charge in [-0.1, -0.05) is 19.9 Å². The zero-order chi connectivity index (χ0) is 19.8. The van der Waals surface area contributed by atoms with E-state index in [1.165, 1.54) is 11.8 Å². The molecule has 0 atom stereocenters. The molecule has 1 heterocycles. The van der Waals surface area contributed by atoms with E-state index in [4.69, 9.17) is 9.15 Å². The Morgan fingerprint density at radius 2 is 1.89 bits per heavy atom. The Morgan fingerprint density at radius 3 is 2.52 bits per heavy atom. The van der Waals surface area contributed by atoms with E-state index in [0.29, 0.717) is 17.4 Å². The maximum atomic E-state index is 11.8. The molecule has 0 aliphatic carbocycles. The highest BCUT2D eigenvalue weighted by Crippen LogP contribution is 2.23. The number of hydrogen-bond donors (Lipinski definition) is 3. The number of benzene rings is 1. The predicted octanol–water partition coefficient (Wildman–Crippen LogP) is 1.55. The second-order valence-electron chi connectivity index (χ2n) is 6.23. The lowest BCUT2D eigenvalue weighted by Gasteiger charge is -2.12. The smallest absolute Gasteiger partial charge is 0.327 e. The summed E-state index contributed by atoms with van der Waals surface area (Å²) in [7, 11) is 0. The first-order valence-electron chi connectivity index (χ1n) is 8.49. The summed E-state index contributed by atoms with van der Waals surface area (Å²) in [4.78, 5) is 35.0. The van der Waals surface area contributed by atoms with Crippen LogP contribution in [0.5, 0.6) is 5.75 Å². The molecule has 2 aromatic rings. The van der Waals surface area contributed by atoms with E-state index in [1.54, 1.807) is 18.2 Å². The standard InChI is InChI=1S/C19H23N3O5/c1-12(2)16-7-6-14(9-13(16)3)27-11-17(23)21-22-19(25)18(24)20-10-15-5-4-8-26-15/h4-9,12H,10-11H2,1-3H3,(H,20,24)(H,21,23)(H,22,25). The van der Waals surface area contributed by atoms with Crippen LogP contribution in [0.2, 0.25) is 0 Å². The molecule has 144 valence electrons. The van der Waals surface area contributed by atoms with Crippen LogP contribution in [0.3, 0.4) is 0 Å². The molecule has 0 spiro atoms. The van der Waals surface area contributed by atoms with Gasteiger partial charge in [-0.2, -0.15) is 0 Å². The second kappa shape index (κ2) is 9.42. The molecule has 8 nitrogen and oxygen atoms in total. The van der Waals surface area contributed by atoms with Crippen LogP contribution in [0, 0.1) is 6.92 Å². The normalized spacial score (nSPS) is 10.4. The number of amides is 3. The highest BCUT2D eigenvalue weighted by atomic mass is 16.5. The Bertz CT molecular complexity index is 800. The van der Waals surface area contributed by atoms with Crippen molar-refractivity contribution in [2.24, 2.45) is 0 Å². The van der Waals surface area contributed by atoms with Gasteiger partial charge in [-0.25, -0.2) is 0 Å². The first kappa shape index (κ1) is 20.0.